The molecule has 168 valence electrons. The lowest BCUT2D eigenvalue weighted by Crippen LogP contribution is -2.34. The van der Waals surface area contributed by atoms with Crippen LogP contribution in [0.3, 0.4) is 0 Å². The molecule has 0 aromatic carbocycles. The molecule has 2 rings (SSSR count). The maximum atomic E-state index is 12.3. The summed E-state index contributed by atoms with van der Waals surface area (Å²) >= 11 is 1.38. The van der Waals surface area contributed by atoms with Gasteiger partial charge in [-0.1, -0.05) is 45.6 Å². The Morgan fingerprint density at radius 3 is 2.87 bits per heavy atom. The molecule has 0 bridgehead atoms. The normalized spacial score (nSPS) is 18.9. The number of aliphatic hydroxyl groups is 1. The van der Waals surface area contributed by atoms with Crippen molar-refractivity contribution in [3.05, 3.63) is 28.0 Å². The predicted octanol–water partition coefficient (Wildman–Crippen LogP) is 5.29. The molecule has 0 aliphatic carbocycles. The van der Waals surface area contributed by atoms with Crippen molar-refractivity contribution in [2.24, 2.45) is 5.92 Å². The van der Waals surface area contributed by atoms with Crippen LogP contribution in [0.1, 0.15) is 86.2 Å². The van der Waals surface area contributed by atoms with Gasteiger partial charge in [0, 0.05) is 23.9 Å². The Morgan fingerprint density at radius 1 is 1.33 bits per heavy atom. The average Bonchev–Trinajstić information content (AvgIpc) is 3.36. The molecule has 1 aromatic heterocycles. The fourth-order valence-corrected chi connectivity index (χ4v) is 4.87. The standard InChI is InChI=1S/C24H37NO4S/c1-4-5-6-7-9-18(2)21(26)14-11-19-12-16-23(27)25(19)17-8-10-20-13-15-22(30-20)24(28)29-3/h8,10,13,15,18-19,21,26H,4-7,9,11-12,14,16-17H2,1-3H3/b10-8+/t18-,19+,21-/m0/s1. The quantitative estimate of drug-likeness (QED) is 0.338. The van der Waals surface area contributed by atoms with E-state index in [1.165, 1.54) is 44.1 Å². The Balaban J connectivity index is 1.79. The van der Waals surface area contributed by atoms with E-state index in [0.717, 1.165) is 30.6 Å². The highest BCUT2D eigenvalue weighted by Gasteiger charge is 2.30. The van der Waals surface area contributed by atoms with E-state index >= 15 is 0 Å². The number of carbonyl (C=O) groups is 2. The maximum absolute atomic E-state index is 12.3. The molecule has 3 atom stereocenters. The molecule has 1 saturated heterocycles. The Bertz CT molecular complexity index is 699. The summed E-state index contributed by atoms with van der Waals surface area (Å²) in [7, 11) is 1.38. The van der Waals surface area contributed by atoms with E-state index in [-0.39, 0.29) is 24.0 Å². The first-order valence-electron chi connectivity index (χ1n) is 11.3. The minimum absolute atomic E-state index is 0.188. The van der Waals surface area contributed by atoms with Gasteiger partial charge in [0.1, 0.15) is 4.88 Å². The number of nitrogens with zero attached hydrogens (tertiary/aromatic N) is 1. The molecule has 6 heteroatoms. The second-order valence-electron chi connectivity index (χ2n) is 8.31. The van der Waals surface area contributed by atoms with E-state index in [1.807, 2.05) is 23.1 Å². The summed E-state index contributed by atoms with van der Waals surface area (Å²) in [6, 6.07) is 3.85. The van der Waals surface area contributed by atoms with E-state index < -0.39 is 0 Å². The van der Waals surface area contributed by atoms with Gasteiger partial charge in [0.25, 0.3) is 0 Å². The predicted molar refractivity (Wildman–Crippen MR) is 123 cm³/mol. The molecule has 30 heavy (non-hydrogen) atoms. The molecule has 5 nitrogen and oxygen atoms in total. The number of rotatable bonds is 13. The van der Waals surface area contributed by atoms with Crippen molar-refractivity contribution < 1.29 is 19.4 Å². The van der Waals surface area contributed by atoms with Gasteiger partial charge >= 0.3 is 5.97 Å². The summed E-state index contributed by atoms with van der Waals surface area (Å²) < 4.78 is 4.73. The topological polar surface area (TPSA) is 66.8 Å². The van der Waals surface area contributed by atoms with Gasteiger partial charge in [-0.2, -0.15) is 0 Å². The molecule has 1 aliphatic rings. The molecule has 0 saturated carbocycles. The number of aliphatic hydroxyl groups excluding tert-OH is 1. The lowest BCUT2D eigenvalue weighted by molar-refractivity contribution is -0.128. The van der Waals surface area contributed by atoms with Crippen molar-refractivity contribution >= 4 is 29.3 Å². The summed E-state index contributed by atoms with van der Waals surface area (Å²) in [4.78, 5) is 27.3. The zero-order valence-corrected chi connectivity index (χ0v) is 19.5. The van der Waals surface area contributed by atoms with Gasteiger partial charge in [-0.25, -0.2) is 4.79 Å². The van der Waals surface area contributed by atoms with Crippen LogP contribution < -0.4 is 0 Å². The van der Waals surface area contributed by atoms with Crippen molar-refractivity contribution in [3.63, 3.8) is 0 Å². The van der Waals surface area contributed by atoms with Crippen molar-refractivity contribution in [1.82, 2.24) is 4.90 Å². The minimum atomic E-state index is -0.326. The average molecular weight is 436 g/mol. The molecule has 1 N–H and O–H groups in total. The third-order valence-corrected chi connectivity index (χ3v) is 7.05. The highest BCUT2D eigenvalue weighted by molar-refractivity contribution is 7.14. The third kappa shape index (κ3) is 7.55. The molecule has 0 spiro atoms. The van der Waals surface area contributed by atoms with Crippen LogP contribution in [0.25, 0.3) is 6.08 Å². The zero-order valence-electron chi connectivity index (χ0n) is 18.6. The number of ether oxygens (including phenoxy) is 1. The Morgan fingerprint density at radius 2 is 2.13 bits per heavy atom. The van der Waals surface area contributed by atoms with E-state index in [1.54, 1.807) is 6.07 Å². The second-order valence-corrected chi connectivity index (χ2v) is 9.42. The van der Waals surface area contributed by atoms with Crippen LogP contribution in [0.2, 0.25) is 0 Å². The molecule has 0 radical (unpaired) electrons. The first-order chi connectivity index (χ1) is 14.5. The SMILES string of the molecule is CCCCCC[C@H](C)[C@@H](O)CC[C@@H]1CCC(=O)N1C/C=C/c1ccc(C(=O)OC)s1. The van der Waals surface area contributed by atoms with Crippen LogP contribution in [0.5, 0.6) is 0 Å². The second kappa shape index (κ2) is 12.9. The van der Waals surface area contributed by atoms with Crippen molar-refractivity contribution in [3.8, 4) is 0 Å². The van der Waals surface area contributed by atoms with Crippen LogP contribution in [-0.2, 0) is 9.53 Å². The third-order valence-electron chi connectivity index (χ3n) is 6.02. The summed E-state index contributed by atoms with van der Waals surface area (Å²) in [5.74, 6) is 0.177. The van der Waals surface area contributed by atoms with E-state index in [2.05, 4.69) is 13.8 Å². The van der Waals surface area contributed by atoms with Gasteiger partial charge in [-0.3, -0.25) is 4.79 Å². The smallest absolute Gasteiger partial charge is 0.348 e. The lowest BCUT2D eigenvalue weighted by Gasteiger charge is -2.26. The number of amides is 1. The van der Waals surface area contributed by atoms with Crippen LogP contribution in [0, 0.1) is 5.92 Å². The van der Waals surface area contributed by atoms with Crippen molar-refractivity contribution in [2.45, 2.75) is 83.8 Å². The number of hydrogen-bond donors (Lipinski definition) is 1. The Hall–Kier alpha value is -1.66. The van der Waals surface area contributed by atoms with Crippen LogP contribution in [0.15, 0.2) is 18.2 Å². The summed E-state index contributed by atoms with van der Waals surface area (Å²) in [6.45, 7) is 4.92. The van der Waals surface area contributed by atoms with Gasteiger partial charge in [-0.15, -0.1) is 11.3 Å². The van der Waals surface area contributed by atoms with Gasteiger partial charge in [0.15, 0.2) is 0 Å². The van der Waals surface area contributed by atoms with Crippen LogP contribution in [-0.4, -0.2) is 47.7 Å². The summed E-state index contributed by atoms with van der Waals surface area (Å²) in [5.41, 5.74) is 0. The number of thiophene rings is 1. The molecule has 0 unspecified atom stereocenters. The van der Waals surface area contributed by atoms with Gasteiger partial charge in [-0.05, 0) is 49.8 Å². The van der Waals surface area contributed by atoms with E-state index in [4.69, 9.17) is 4.74 Å². The van der Waals surface area contributed by atoms with Crippen LogP contribution in [0.4, 0.5) is 0 Å². The number of carbonyl (C=O) groups excluding carboxylic acids is 2. The van der Waals surface area contributed by atoms with E-state index in [0.29, 0.717) is 23.8 Å². The fraction of sp³-hybridized carbons (Fsp3) is 0.667. The molecular weight excluding hydrogens is 398 g/mol. The number of hydrogen-bond acceptors (Lipinski definition) is 5. The Kier molecular flexibility index (Phi) is 10.6. The number of methoxy groups -OCH3 is 1. The highest BCUT2D eigenvalue weighted by atomic mass is 32.1. The molecule has 2 heterocycles. The molecular formula is C24H37NO4S. The maximum Gasteiger partial charge on any atom is 0.348 e. The van der Waals surface area contributed by atoms with Gasteiger partial charge in [0.05, 0.1) is 13.2 Å². The summed E-state index contributed by atoms with van der Waals surface area (Å²) in [6.07, 6.45) is 12.7. The monoisotopic (exact) mass is 435 g/mol. The van der Waals surface area contributed by atoms with Crippen LogP contribution >= 0.6 is 11.3 Å². The first-order valence-corrected chi connectivity index (χ1v) is 12.1. The molecule has 1 aliphatic heterocycles. The fourth-order valence-electron chi connectivity index (χ4n) is 4.01. The molecule has 1 aromatic rings. The number of esters is 1. The Labute approximate surface area is 185 Å². The summed E-state index contributed by atoms with van der Waals surface area (Å²) in [5, 5.41) is 10.5. The van der Waals surface area contributed by atoms with Gasteiger partial charge in [0.2, 0.25) is 5.91 Å². The zero-order chi connectivity index (χ0) is 21.9. The molecule has 1 amide bonds. The van der Waals surface area contributed by atoms with E-state index in [9.17, 15) is 14.7 Å². The van der Waals surface area contributed by atoms with Crippen molar-refractivity contribution in [1.29, 1.82) is 0 Å². The lowest BCUT2D eigenvalue weighted by atomic mass is 9.92. The highest BCUT2D eigenvalue weighted by Crippen LogP contribution is 2.26. The first kappa shape index (κ1) is 24.6. The molecule has 1 fully saturated rings. The number of likely N-dealkylation sites (tertiary alicyclic amines) is 1. The van der Waals surface area contributed by atoms with Gasteiger partial charge < -0.3 is 14.7 Å². The minimum Gasteiger partial charge on any atom is -0.465 e. The number of unbranched alkanes of at least 4 members (excludes halogenated alkanes) is 3. The van der Waals surface area contributed by atoms with Crippen molar-refractivity contribution in [2.75, 3.05) is 13.7 Å². The largest absolute Gasteiger partial charge is 0.465 e.